The highest BCUT2D eigenvalue weighted by Crippen LogP contribution is 2.24. The molecule has 2 rings (SSSR count). The second kappa shape index (κ2) is 10.7. The lowest BCUT2D eigenvalue weighted by Crippen LogP contribution is -2.07. The summed E-state index contributed by atoms with van der Waals surface area (Å²) >= 11 is 3.44. The summed E-state index contributed by atoms with van der Waals surface area (Å²) in [5.41, 5.74) is 1.57. The maximum atomic E-state index is 12.2. The molecule has 1 N–H and O–H groups in total. The molecule has 0 aliphatic heterocycles. The van der Waals surface area contributed by atoms with E-state index in [1.54, 1.807) is 6.08 Å². The monoisotopic (exact) mass is 417 g/mol. The number of carbonyl (C=O) groups is 1. The Morgan fingerprint density at radius 3 is 2.58 bits per heavy atom. The zero-order chi connectivity index (χ0) is 18.8. The van der Waals surface area contributed by atoms with Gasteiger partial charge in [0.05, 0.1) is 13.2 Å². The van der Waals surface area contributed by atoms with Gasteiger partial charge >= 0.3 is 0 Å². The fourth-order valence-corrected chi connectivity index (χ4v) is 2.63. The lowest BCUT2D eigenvalue weighted by atomic mass is 10.2. The number of hydrogen-bond donors (Lipinski definition) is 1. The maximum absolute atomic E-state index is 12.2. The van der Waals surface area contributed by atoms with Gasteiger partial charge in [0.2, 0.25) is 5.91 Å². The normalized spacial score (nSPS) is 10.7. The minimum atomic E-state index is -0.202. The average Bonchev–Trinajstić information content (AvgIpc) is 2.64. The third-order valence-electron chi connectivity index (χ3n) is 3.57. The number of rotatable bonds is 9. The van der Waals surface area contributed by atoms with Crippen molar-refractivity contribution in [2.75, 3.05) is 18.5 Å². The SMILES string of the molecule is CCCCOc1ccc(NC(=O)C=Cc2cc(Br)ccc2OCC)cc1. The minimum absolute atomic E-state index is 0.202. The largest absolute Gasteiger partial charge is 0.494 e. The number of carbonyl (C=O) groups excluding carboxylic acids is 1. The minimum Gasteiger partial charge on any atom is -0.494 e. The first-order chi connectivity index (χ1) is 12.6. The number of nitrogens with one attached hydrogen (secondary N) is 1. The number of unbranched alkanes of at least 4 members (excludes halogenated alkanes) is 1. The van der Waals surface area contributed by atoms with Gasteiger partial charge in [0.25, 0.3) is 0 Å². The van der Waals surface area contributed by atoms with Crippen LogP contribution in [0, 0.1) is 0 Å². The molecule has 0 saturated carbocycles. The molecule has 2 aromatic rings. The molecule has 0 bridgehead atoms. The standard InChI is InChI=1S/C21H24BrNO3/c1-3-5-14-26-19-10-8-18(9-11-19)23-21(24)13-6-16-15-17(22)7-12-20(16)25-4-2/h6-13,15H,3-5,14H2,1-2H3,(H,23,24). The molecule has 0 unspecified atom stereocenters. The van der Waals surface area contributed by atoms with Gasteiger partial charge in [0.15, 0.2) is 0 Å². The van der Waals surface area contributed by atoms with Crippen molar-refractivity contribution in [3.8, 4) is 11.5 Å². The Labute approximate surface area is 163 Å². The third-order valence-corrected chi connectivity index (χ3v) is 4.07. The summed E-state index contributed by atoms with van der Waals surface area (Å²) in [7, 11) is 0. The molecule has 0 aliphatic carbocycles. The van der Waals surface area contributed by atoms with Crippen LogP contribution in [0.5, 0.6) is 11.5 Å². The second-order valence-electron chi connectivity index (χ2n) is 5.66. The molecule has 2 aromatic carbocycles. The number of hydrogen-bond acceptors (Lipinski definition) is 3. The number of amides is 1. The van der Waals surface area contributed by atoms with Crippen LogP contribution < -0.4 is 14.8 Å². The summed E-state index contributed by atoms with van der Waals surface area (Å²) in [6, 6.07) is 13.1. The molecule has 1 amide bonds. The van der Waals surface area contributed by atoms with E-state index in [4.69, 9.17) is 9.47 Å². The van der Waals surface area contributed by atoms with E-state index in [0.717, 1.165) is 40.1 Å². The van der Waals surface area contributed by atoms with Crippen LogP contribution in [0.15, 0.2) is 53.0 Å². The molecule has 5 heteroatoms. The average molecular weight is 418 g/mol. The first-order valence-corrected chi connectivity index (χ1v) is 9.56. The molecule has 0 spiro atoms. The predicted molar refractivity (Wildman–Crippen MR) is 110 cm³/mol. The quantitative estimate of drug-likeness (QED) is 0.421. The van der Waals surface area contributed by atoms with Crippen molar-refractivity contribution in [1.82, 2.24) is 0 Å². The zero-order valence-electron chi connectivity index (χ0n) is 15.1. The molecule has 0 fully saturated rings. The Kier molecular flexibility index (Phi) is 8.22. The van der Waals surface area contributed by atoms with Crippen molar-refractivity contribution in [3.63, 3.8) is 0 Å². The highest BCUT2D eigenvalue weighted by atomic mass is 79.9. The molecule has 26 heavy (non-hydrogen) atoms. The molecule has 138 valence electrons. The molecule has 0 atom stereocenters. The van der Waals surface area contributed by atoms with Gasteiger partial charge in [-0.15, -0.1) is 0 Å². The Bertz CT molecular complexity index is 741. The highest BCUT2D eigenvalue weighted by molar-refractivity contribution is 9.10. The Hall–Kier alpha value is -2.27. The van der Waals surface area contributed by atoms with Crippen LogP contribution in [-0.2, 0) is 4.79 Å². The summed E-state index contributed by atoms with van der Waals surface area (Å²) in [4.78, 5) is 12.2. The smallest absolute Gasteiger partial charge is 0.248 e. The van der Waals surface area contributed by atoms with E-state index in [0.29, 0.717) is 13.2 Å². The van der Waals surface area contributed by atoms with Gasteiger partial charge in [-0.1, -0.05) is 29.3 Å². The number of benzene rings is 2. The van der Waals surface area contributed by atoms with E-state index in [9.17, 15) is 4.79 Å². The predicted octanol–water partition coefficient (Wildman–Crippen LogP) is 5.68. The van der Waals surface area contributed by atoms with Crippen LogP contribution in [0.4, 0.5) is 5.69 Å². The van der Waals surface area contributed by atoms with Crippen molar-refractivity contribution in [2.24, 2.45) is 0 Å². The van der Waals surface area contributed by atoms with E-state index in [2.05, 4.69) is 28.2 Å². The van der Waals surface area contributed by atoms with Gasteiger partial charge in [-0.2, -0.15) is 0 Å². The van der Waals surface area contributed by atoms with E-state index >= 15 is 0 Å². The highest BCUT2D eigenvalue weighted by Gasteiger charge is 2.03. The fraction of sp³-hybridized carbons (Fsp3) is 0.286. The van der Waals surface area contributed by atoms with Crippen molar-refractivity contribution < 1.29 is 14.3 Å². The first kappa shape index (κ1) is 20.0. The van der Waals surface area contributed by atoms with Crippen LogP contribution in [-0.4, -0.2) is 19.1 Å². The number of ether oxygens (including phenoxy) is 2. The van der Waals surface area contributed by atoms with Crippen molar-refractivity contribution >= 4 is 33.6 Å². The molecule has 0 aromatic heterocycles. The van der Waals surface area contributed by atoms with Gasteiger partial charge < -0.3 is 14.8 Å². The van der Waals surface area contributed by atoms with Crippen LogP contribution in [0.1, 0.15) is 32.3 Å². The topological polar surface area (TPSA) is 47.6 Å². The summed E-state index contributed by atoms with van der Waals surface area (Å²) in [5.74, 6) is 1.35. The summed E-state index contributed by atoms with van der Waals surface area (Å²) in [6.45, 7) is 5.33. The first-order valence-electron chi connectivity index (χ1n) is 8.76. The number of halogens is 1. The molecular formula is C21H24BrNO3. The van der Waals surface area contributed by atoms with Gasteiger partial charge in [-0.25, -0.2) is 0 Å². The Morgan fingerprint density at radius 2 is 1.88 bits per heavy atom. The van der Waals surface area contributed by atoms with E-state index < -0.39 is 0 Å². The van der Waals surface area contributed by atoms with E-state index in [1.165, 1.54) is 6.08 Å². The van der Waals surface area contributed by atoms with Crippen LogP contribution >= 0.6 is 15.9 Å². The Balaban J connectivity index is 1.96. The lowest BCUT2D eigenvalue weighted by molar-refractivity contribution is -0.111. The summed E-state index contributed by atoms with van der Waals surface area (Å²) in [5, 5.41) is 2.84. The van der Waals surface area contributed by atoms with Crippen molar-refractivity contribution in [3.05, 3.63) is 58.6 Å². The zero-order valence-corrected chi connectivity index (χ0v) is 16.7. The molecule has 4 nitrogen and oxygen atoms in total. The number of anilines is 1. The van der Waals surface area contributed by atoms with E-state index in [1.807, 2.05) is 49.4 Å². The summed E-state index contributed by atoms with van der Waals surface area (Å²) in [6.07, 6.45) is 5.37. The second-order valence-corrected chi connectivity index (χ2v) is 6.58. The van der Waals surface area contributed by atoms with Gasteiger partial charge in [0.1, 0.15) is 11.5 Å². The molecule has 0 heterocycles. The van der Waals surface area contributed by atoms with Crippen LogP contribution in [0.3, 0.4) is 0 Å². The van der Waals surface area contributed by atoms with Crippen molar-refractivity contribution in [1.29, 1.82) is 0 Å². The van der Waals surface area contributed by atoms with Crippen LogP contribution in [0.25, 0.3) is 6.08 Å². The summed E-state index contributed by atoms with van der Waals surface area (Å²) < 4.78 is 12.1. The van der Waals surface area contributed by atoms with Crippen LogP contribution in [0.2, 0.25) is 0 Å². The molecular weight excluding hydrogens is 394 g/mol. The van der Waals surface area contributed by atoms with Gasteiger partial charge in [-0.05, 0) is 61.9 Å². The third kappa shape index (κ3) is 6.56. The molecule has 0 radical (unpaired) electrons. The van der Waals surface area contributed by atoms with Gasteiger partial charge in [-0.3, -0.25) is 4.79 Å². The lowest BCUT2D eigenvalue weighted by Gasteiger charge is -2.08. The molecule has 0 aliphatic rings. The Morgan fingerprint density at radius 1 is 1.12 bits per heavy atom. The maximum Gasteiger partial charge on any atom is 0.248 e. The molecule has 0 saturated heterocycles. The fourth-order valence-electron chi connectivity index (χ4n) is 2.25. The van der Waals surface area contributed by atoms with E-state index in [-0.39, 0.29) is 5.91 Å². The van der Waals surface area contributed by atoms with Gasteiger partial charge in [0, 0.05) is 21.8 Å². The van der Waals surface area contributed by atoms with Crippen molar-refractivity contribution in [2.45, 2.75) is 26.7 Å².